The number of hydrogen-bond donors (Lipinski definition) is 1. The van der Waals surface area contributed by atoms with Gasteiger partial charge in [-0.3, -0.25) is 9.78 Å². The highest BCUT2D eigenvalue weighted by Gasteiger charge is 2.28. The van der Waals surface area contributed by atoms with Crippen LogP contribution >= 0.6 is 0 Å². The van der Waals surface area contributed by atoms with Crippen molar-refractivity contribution in [2.24, 2.45) is 5.92 Å². The van der Waals surface area contributed by atoms with Crippen LogP contribution in [0.5, 0.6) is 5.75 Å². The molecule has 172 valence electrons. The van der Waals surface area contributed by atoms with Crippen LogP contribution in [0.2, 0.25) is 0 Å². The summed E-state index contributed by atoms with van der Waals surface area (Å²) in [5.41, 5.74) is 1.09. The van der Waals surface area contributed by atoms with E-state index < -0.39 is 5.97 Å². The molecular weight excluding hydrogens is 414 g/mol. The minimum Gasteiger partial charge on any atom is -0.489 e. The molecule has 2 aromatic rings. The number of ether oxygens (including phenoxy) is 2. The average molecular weight is 444 g/mol. The van der Waals surface area contributed by atoms with Crippen LogP contribution in [0.4, 0.5) is 4.79 Å². The Morgan fingerprint density at radius 3 is 2.69 bits per heavy atom. The van der Waals surface area contributed by atoms with E-state index in [9.17, 15) is 14.7 Å². The summed E-state index contributed by atoms with van der Waals surface area (Å²) in [6, 6.07) is 3.78. The fourth-order valence-electron chi connectivity index (χ4n) is 4.51. The Balaban J connectivity index is 1.34. The monoisotopic (exact) mass is 443 g/mol. The number of carboxylic acid groups (broad SMARTS) is 1. The van der Waals surface area contributed by atoms with Crippen molar-refractivity contribution in [3.05, 3.63) is 30.5 Å². The van der Waals surface area contributed by atoms with Gasteiger partial charge in [-0.1, -0.05) is 12.8 Å². The van der Waals surface area contributed by atoms with E-state index in [1.807, 2.05) is 0 Å². The molecule has 0 aromatic carbocycles. The van der Waals surface area contributed by atoms with Gasteiger partial charge < -0.3 is 23.9 Å². The molecule has 2 aromatic heterocycles. The van der Waals surface area contributed by atoms with Crippen molar-refractivity contribution in [2.45, 2.75) is 70.1 Å². The van der Waals surface area contributed by atoms with E-state index in [4.69, 9.17) is 13.9 Å². The standard InChI is InChI=1S/C23H29N3O6/c1-26(16-6-2-3-7-16)23(29)30-13-20-21(25-14-31-20)19-10-9-18(12-24-19)32-17-8-4-5-15(11-17)22(27)28/h9-10,12,14-17H,2-8,11,13H2,1H3,(H,27,28)/t15-,17-/m0/s1. The third-order valence-electron chi connectivity index (χ3n) is 6.39. The molecule has 0 radical (unpaired) electrons. The number of rotatable bonds is 7. The summed E-state index contributed by atoms with van der Waals surface area (Å²) in [5, 5.41) is 9.24. The van der Waals surface area contributed by atoms with Gasteiger partial charge in [-0.25, -0.2) is 9.78 Å². The first-order chi connectivity index (χ1) is 15.5. The van der Waals surface area contributed by atoms with Gasteiger partial charge in [0, 0.05) is 13.1 Å². The van der Waals surface area contributed by atoms with Crippen LogP contribution in [0.25, 0.3) is 11.4 Å². The van der Waals surface area contributed by atoms with Gasteiger partial charge in [-0.05, 0) is 50.7 Å². The second kappa shape index (κ2) is 10.0. The molecule has 0 bridgehead atoms. The van der Waals surface area contributed by atoms with Gasteiger partial charge in [0.15, 0.2) is 18.8 Å². The van der Waals surface area contributed by atoms with Crippen molar-refractivity contribution >= 4 is 12.1 Å². The summed E-state index contributed by atoms with van der Waals surface area (Å²) in [6.45, 7) is -0.0240. The van der Waals surface area contributed by atoms with Crippen molar-refractivity contribution in [1.82, 2.24) is 14.9 Å². The third-order valence-corrected chi connectivity index (χ3v) is 6.39. The van der Waals surface area contributed by atoms with Crippen molar-refractivity contribution < 1.29 is 28.6 Å². The van der Waals surface area contributed by atoms with Crippen molar-refractivity contribution in [1.29, 1.82) is 0 Å². The predicted molar refractivity (Wildman–Crippen MR) is 114 cm³/mol. The molecule has 2 aliphatic carbocycles. The molecule has 0 spiro atoms. The Morgan fingerprint density at radius 2 is 1.97 bits per heavy atom. The van der Waals surface area contributed by atoms with Gasteiger partial charge in [-0.2, -0.15) is 0 Å². The van der Waals surface area contributed by atoms with Gasteiger partial charge in [-0.15, -0.1) is 0 Å². The van der Waals surface area contributed by atoms with Crippen LogP contribution < -0.4 is 4.74 Å². The summed E-state index contributed by atoms with van der Waals surface area (Å²) >= 11 is 0. The topological polar surface area (TPSA) is 115 Å². The normalized spacial score (nSPS) is 21.3. The molecule has 4 rings (SSSR count). The number of pyridine rings is 1. The minimum absolute atomic E-state index is 0.0240. The van der Waals surface area contributed by atoms with E-state index in [1.165, 1.54) is 6.39 Å². The largest absolute Gasteiger partial charge is 0.489 e. The number of amides is 1. The average Bonchev–Trinajstić information content (AvgIpc) is 3.50. The number of oxazole rings is 1. The lowest BCUT2D eigenvalue weighted by atomic mass is 9.87. The molecule has 2 aliphatic rings. The van der Waals surface area contributed by atoms with Gasteiger partial charge in [0.1, 0.15) is 11.4 Å². The third kappa shape index (κ3) is 5.20. The molecule has 2 atom stereocenters. The fourth-order valence-corrected chi connectivity index (χ4v) is 4.51. The van der Waals surface area contributed by atoms with Crippen molar-refractivity contribution in [3.8, 4) is 17.1 Å². The van der Waals surface area contributed by atoms with E-state index in [-0.39, 0.29) is 30.8 Å². The summed E-state index contributed by atoms with van der Waals surface area (Å²) in [5.74, 6) is -0.107. The van der Waals surface area contributed by atoms with Gasteiger partial charge in [0.2, 0.25) is 0 Å². The second-order valence-corrected chi connectivity index (χ2v) is 8.55. The first kappa shape index (κ1) is 22.1. The molecule has 2 saturated carbocycles. The minimum atomic E-state index is -0.763. The van der Waals surface area contributed by atoms with E-state index in [0.717, 1.165) is 38.5 Å². The Bertz CT molecular complexity index is 922. The number of aromatic nitrogens is 2. The summed E-state index contributed by atoms with van der Waals surface area (Å²) < 4.78 is 16.8. The van der Waals surface area contributed by atoms with Gasteiger partial charge >= 0.3 is 12.1 Å². The van der Waals surface area contributed by atoms with Crippen LogP contribution in [-0.4, -0.2) is 51.2 Å². The molecular formula is C23H29N3O6. The lowest BCUT2D eigenvalue weighted by Gasteiger charge is -2.27. The fraction of sp³-hybridized carbons (Fsp3) is 0.565. The summed E-state index contributed by atoms with van der Waals surface area (Å²) in [6.07, 6.45) is 9.57. The summed E-state index contributed by atoms with van der Waals surface area (Å²) in [7, 11) is 1.77. The van der Waals surface area contributed by atoms with Crippen LogP contribution in [0.3, 0.4) is 0 Å². The number of carboxylic acids is 1. The quantitative estimate of drug-likeness (QED) is 0.675. The molecule has 32 heavy (non-hydrogen) atoms. The molecule has 0 unspecified atom stereocenters. The smallest absolute Gasteiger partial charge is 0.410 e. The molecule has 0 saturated heterocycles. The molecule has 2 heterocycles. The van der Waals surface area contributed by atoms with E-state index in [1.54, 1.807) is 30.3 Å². The Labute approximate surface area is 186 Å². The lowest BCUT2D eigenvalue weighted by molar-refractivity contribution is -0.143. The Kier molecular flexibility index (Phi) is 6.92. The number of carbonyl (C=O) groups is 2. The highest BCUT2D eigenvalue weighted by Crippen LogP contribution is 2.29. The zero-order valence-corrected chi connectivity index (χ0v) is 18.2. The Morgan fingerprint density at radius 1 is 1.16 bits per heavy atom. The van der Waals surface area contributed by atoms with Gasteiger partial charge in [0.25, 0.3) is 0 Å². The van der Waals surface area contributed by atoms with Crippen LogP contribution in [0.15, 0.2) is 29.1 Å². The van der Waals surface area contributed by atoms with E-state index in [2.05, 4.69) is 9.97 Å². The number of aliphatic carboxylic acids is 1. The molecule has 9 heteroatoms. The zero-order chi connectivity index (χ0) is 22.5. The van der Waals surface area contributed by atoms with Crippen LogP contribution in [0, 0.1) is 5.92 Å². The maximum atomic E-state index is 12.3. The van der Waals surface area contributed by atoms with Crippen LogP contribution in [0.1, 0.15) is 57.1 Å². The van der Waals surface area contributed by atoms with Gasteiger partial charge in [0.05, 0.1) is 23.9 Å². The predicted octanol–water partition coefficient (Wildman–Crippen LogP) is 4.27. The van der Waals surface area contributed by atoms with E-state index in [0.29, 0.717) is 35.7 Å². The first-order valence-corrected chi connectivity index (χ1v) is 11.2. The first-order valence-electron chi connectivity index (χ1n) is 11.2. The van der Waals surface area contributed by atoms with Crippen molar-refractivity contribution in [2.75, 3.05) is 7.05 Å². The maximum absolute atomic E-state index is 12.3. The number of carbonyl (C=O) groups excluding carboxylic acids is 1. The number of hydrogen-bond acceptors (Lipinski definition) is 7. The molecule has 1 N–H and O–H groups in total. The maximum Gasteiger partial charge on any atom is 0.410 e. The lowest BCUT2D eigenvalue weighted by Crippen LogP contribution is -2.35. The zero-order valence-electron chi connectivity index (χ0n) is 18.2. The van der Waals surface area contributed by atoms with E-state index >= 15 is 0 Å². The highest BCUT2D eigenvalue weighted by molar-refractivity contribution is 5.70. The number of nitrogens with zero attached hydrogens (tertiary/aromatic N) is 3. The highest BCUT2D eigenvalue weighted by atomic mass is 16.6. The molecule has 1 amide bonds. The molecule has 0 aliphatic heterocycles. The second-order valence-electron chi connectivity index (χ2n) is 8.55. The molecule has 2 fully saturated rings. The van der Waals surface area contributed by atoms with Crippen LogP contribution in [-0.2, 0) is 16.1 Å². The SMILES string of the molecule is CN(C(=O)OCc1ocnc1-c1ccc(O[C@H]2CCC[C@H](C(=O)O)C2)cn1)C1CCCC1. The summed E-state index contributed by atoms with van der Waals surface area (Å²) in [4.78, 5) is 33.9. The Hall–Kier alpha value is -3.10. The van der Waals surface area contributed by atoms with Crippen molar-refractivity contribution in [3.63, 3.8) is 0 Å². The molecule has 9 nitrogen and oxygen atoms in total.